The first kappa shape index (κ1) is 20.4. The lowest BCUT2D eigenvalue weighted by molar-refractivity contribution is -0.120. The van der Waals surface area contributed by atoms with E-state index in [0.717, 1.165) is 30.8 Å². The summed E-state index contributed by atoms with van der Waals surface area (Å²) in [6, 6.07) is 8.73. The molecule has 1 saturated heterocycles. The van der Waals surface area contributed by atoms with Gasteiger partial charge in [-0.3, -0.25) is 9.59 Å². The number of likely N-dealkylation sites (tertiary alicyclic amines) is 1. The van der Waals surface area contributed by atoms with Crippen LogP contribution in [0.15, 0.2) is 41.4 Å². The smallest absolute Gasteiger partial charge is 0.282 e. The Morgan fingerprint density at radius 1 is 1.07 bits per heavy atom. The molecule has 0 aliphatic carbocycles. The van der Waals surface area contributed by atoms with E-state index in [4.69, 9.17) is 23.2 Å². The molecule has 1 aromatic heterocycles. The Morgan fingerprint density at radius 2 is 1.72 bits per heavy atom. The first-order valence-corrected chi connectivity index (χ1v) is 11.0. The van der Waals surface area contributed by atoms with Crippen LogP contribution in [0, 0.1) is 0 Å². The van der Waals surface area contributed by atoms with Crippen molar-refractivity contribution < 1.29 is 9.59 Å². The molecule has 0 bridgehead atoms. The van der Waals surface area contributed by atoms with E-state index in [1.165, 1.54) is 16.2 Å². The SMILES string of the molecule is CN1CCC(N(C)C2=C(c3cccs3)C(=O)N(c3cc(Cl)cc(Cl)c3)C2=O)CC1. The molecule has 152 valence electrons. The standard InChI is InChI=1S/C21H21Cl2N3O2S/c1-24-7-5-15(6-8-24)25(2)19-18(17-4-3-9-29-17)20(27)26(21(19)28)16-11-13(22)10-14(23)12-16/h3-4,9-12,15H,5-8H2,1-2H3. The van der Waals surface area contributed by atoms with Gasteiger partial charge < -0.3 is 9.80 Å². The van der Waals surface area contributed by atoms with Gasteiger partial charge in [0.15, 0.2) is 0 Å². The number of benzene rings is 1. The van der Waals surface area contributed by atoms with Crippen molar-refractivity contribution in [2.45, 2.75) is 18.9 Å². The van der Waals surface area contributed by atoms with Gasteiger partial charge in [0.25, 0.3) is 11.8 Å². The van der Waals surface area contributed by atoms with Gasteiger partial charge >= 0.3 is 0 Å². The number of anilines is 1. The second kappa shape index (κ2) is 8.11. The van der Waals surface area contributed by atoms with Crippen molar-refractivity contribution in [2.24, 2.45) is 0 Å². The zero-order valence-electron chi connectivity index (χ0n) is 16.2. The normalized spacial score (nSPS) is 18.8. The molecule has 4 rings (SSSR count). The van der Waals surface area contributed by atoms with E-state index in [0.29, 0.717) is 27.0 Å². The largest absolute Gasteiger partial charge is 0.366 e. The Bertz CT molecular complexity index is 962. The molecular formula is C21H21Cl2N3O2S. The molecule has 0 saturated carbocycles. The van der Waals surface area contributed by atoms with Gasteiger partial charge in [-0.05, 0) is 62.6 Å². The Balaban J connectivity index is 1.77. The molecule has 1 aromatic carbocycles. The molecule has 3 heterocycles. The number of imide groups is 1. The average Bonchev–Trinajstić information content (AvgIpc) is 3.27. The van der Waals surface area contributed by atoms with Crippen LogP contribution in [0.1, 0.15) is 17.7 Å². The highest BCUT2D eigenvalue weighted by atomic mass is 35.5. The lowest BCUT2D eigenvalue weighted by Gasteiger charge is -2.36. The molecule has 2 aliphatic rings. The first-order chi connectivity index (χ1) is 13.9. The van der Waals surface area contributed by atoms with Crippen molar-refractivity contribution in [3.8, 4) is 0 Å². The predicted octanol–water partition coefficient (Wildman–Crippen LogP) is 4.37. The van der Waals surface area contributed by atoms with E-state index >= 15 is 0 Å². The van der Waals surface area contributed by atoms with Crippen LogP contribution in [0.2, 0.25) is 10.0 Å². The summed E-state index contributed by atoms with van der Waals surface area (Å²) in [5.74, 6) is -0.677. The Morgan fingerprint density at radius 3 is 2.31 bits per heavy atom. The van der Waals surface area contributed by atoms with Crippen LogP contribution in [0.4, 0.5) is 5.69 Å². The van der Waals surface area contributed by atoms with Crippen molar-refractivity contribution in [1.82, 2.24) is 9.80 Å². The van der Waals surface area contributed by atoms with Crippen molar-refractivity contribution in [2.75, 3.05) is 32.1 Å². The second-order valence-corrected chi connectivity index (χ2v) is 9.24. The van der Waals surface area contributed by atoms with E-state index in [1.54, 1.807) is 18.2 Å². The van der Waals surface area contributed by atoms with Gasteiger partial charge in [0, 0.05) is 28.0 Å². The van der Waals surface area contributed by atoms with Gasteiger partial charge in [-0.25, -0.2) is 4.90 Å². The van der Waals surface area contributed by atoms with Crippen LogP contribution in [-0.2, 0) is 9.59 Å². The Labute approximate surface area is 184 Å². The summed E-state index contributed by atoms with van der Waals surface area (Å²) >= 11 is 13.7. The number of carbonyl (C=O) groups is 2. The van der Waals surface area contributed by atoms with Crippen molar-refractivity contribution in [3.63, 3.8) is 0 Å². The number of piperidine rings is 1. The molecule has 0 spiro atoms. The van der Waals surface area contributed by atoms with Crippen molar-refractivity contribution >= 4 is 57.6 Å². The minimum atomic E-state index is -0.342. The molecule has 29 heavy (non-hydrogen) atoms. The van der Waals surface area contributed by atoms with Crippen molar-refractivity contribution in [3.05, 3.63) is 56.3 Å². The van der Waals surface area contributed by atoms with Crippen LogP contribution in [0.5, 0.6) is 0 Å². The van der Waals surface area contributed by atoms with Gasteiger partial charge in [0.1, 0.15) is 5.70 Å². The number of likely N-dealkylation sites (N-methyl/N-ethyl adjacent to an activating group) is 1. The minimum absolute atomic E-state index is 0.204. The maximum absolute atomic E-state index is 13.5. The second-order valence-electron chi connectivity index (χ2n) is 7.42. The zero-order valence-corrected chi connectivity index (χ0v) is 18.5. The van der Waals surface area contributed by atoms with Gasteiger partial charge in [-0.15, -0.1) is 11.3 Å². The monoisotopic (exact) mass is 449 g/mol. The number of thiophene rings is 1. The van der Waals surface area contributed by atoms with Gasteiger partial charge in [-0.1, -0.05) is 29.3 Å². The molecule has 0 atom stereocenters. The van der Waals surface area contributed by atoms with E-state index in [1.807, 2.05) is 29.5 Å². The Hall–Kier alpha value is -1.86. The highest BCUT2D eigenvalue weighted by Crippen LogP contribution is 2.38. The van der Waals surface area contributed by atoms with Crippen LogP contribution < -0.4 is 4.90 Å². The number of carbonyl (C=O) groups excluding carboxylic acids is 2. The summed E-state index contributed by atoms with van der Waals surface area (Å²) < 4.78 is 0. The fourth-order valence-electron chi connectivity index (χ4n) is 3.96. The maximum Gasteiger partial charge on any atom is 0.282 e. The summed E-state index contributed by atoms with van der Waals surface area (Å²) in [4.78, 5) is 33.2. The van der Waals surface area contributed by atoms with E-state index in [2.05, 4.69) is 11.9 Å². The molecule has 2 amide bonds. The van der Waals surface area contributed by atoms with Crippen molar-refractivity contribution in [1.29, 1.82) is 0 Å². The molecular weight excluding hydrogens is 429 g/mol. The fraction of sp³-hybridized carbons (Fsp3) is 0.333. The molecule has 0 N–H and O–H groups in total. The molecule has 2 aromatic rings. The quantitative estimate of drug-likeness (QED) is 0.650. The number of halogens is 2. The van der Waals surface area contributed by atoms with Gasteiger partial charge in [-0.2, -0.15) is 0 Å². The third-order valence-corrected chi connectivity index (χ3v) is 6.84. The predicted molar refractivity (Wildman–Crippen MR) is 118 cm³/mol. The highest BCUT2D eigenvalue weighted by Gasteiger charge is 2.43. The first-order valence-electron chi connectivity index (χ1n) is 9.41. The molecule has 0 radical (unpaired) electrons. The summed E-state index contributed by atoms with van der Waals surface area (Å²) in [5.41, 5.74) is 1.28. The lowest BCUT2D eigenvalue weighted by Crippen LogP contribution is -2.43. The lowest BCUT2D eigenvalue weighted by atomic mass is 10.0. The van der Waals surface area contributed by atoms with E-state index in [9.17, 15) is 9.59 Å². The highest BCUT2D eigenvalue weighted by molar-refractivity contribution is 7.11. The zero-order chi connectivity index (χ0) is 20.7. The topological polar surface area (TPSA) is 43.9 Å². The van der Waals surface area contributed by atoms with E-state index < -0.39 is 0 Å². The number of nitrogens with zero attached hydrogens (tertiary/aromatic N) is 3. The third-order valence-electron chi connectivity index (χ3n) is 5.52. The molecule has 1 fully saturated rings. The molecule has 2 aliphatic heterocycles. The number of rotatable bonds is 4. The molecule has 5 nitrogen and oxygen atoms in total. The fourth-order valence-corrected chi connectivity index (χ4v) is 5.23. The van der Waals surface area contributed by atoms with Crippen LogP contribution >= 0.6 is 34.5 Å². The van der Waals surface area contributed by atoms with Crippen LogP contribution in [-0.4, -0.2) is 54.8 Å². The summed E-state index contributed by atoms with van der Waals surface area (Å²) in [7, 11) is 4.01. The number of hydrogen-bond acceptors (Lipinski definition) is 5. The summed E-state index contributed by atoms with van der Waals surface area (Å²) in [6.45, 7) is 1.93. The van der Waals surface area contributed by atoms with E-state index in [-0.39, 0.29) is 17.9 Å². The molecule has 8 heteroatoms. The summed E-state index contributed by atoms with van der Waals surface area (Å²) in [6.07, 6.45) is 1.89. The van der Waals surface area contributed by atoms with Gasteiger partial charge in [0.2, 0.25) is 0 Å². The summed E-state index contributed by atoms with van der Waals surface area (Å²) in [5, 5.41) is 2.66. The van der Waals surface area contributed by atoms with Crippen LogP contribution in [0.3, 0.4) is 0 Å². The maximum atomic E-state index is 13.5. The molecule has 0 unspecified atom stereocenters. The third kappa shape index (κ3) is 3.82. The minimum Gasteiger partial charge on any atom is -0.366 e. The van der Waals surface area contributed by atoms with Gasteiger partial charge in [0.05, 0.1) is 11.3 Å². The number of amides is 2. The van der Waals surface area contributed by atoms with Crippen LogP contribution in [0.25, 0.3) is 5.57 Å². The number of hydrogen-bond donors (Lipinski definition) is 0. The Kier molecular flexibility index (Phi) is 5.71. The average molecular weight is 450 g/mol.